The van der Waals surface area contributed by atoms with Gasteiger partial charge in [0.15, 0.2) is 5.13 Å². The topological polar surface area (TPSA) is 56.7 Å². The van der Waals surface area contributed by atoms with Crippen LogP contribution >= 0.6 is 11.3 Å². The maximum atomic E-state index is 10.8. The molecule has 6 heteroatoms. The number of piperidine rings is 1. The second kappa shape index (κ2) is 5.01. The van der Waals surface area contributed by atoms with Crippen molar-refractivity contribution >= 4 is 22.4 Å². The Labute approximate surface area is 105 Å². The first-order chi connectivity index (χ1) is 8.08. The number of hydrogen-bond donors (Lipinski definition) is 1. The van der Waals surface area contributed by atoms with Crippen LogP contribution < -0.4 is 4.90 Å². The molecule has 1 aliphatic heterocycles. The van der Waals surface area contributed by atoms with Crippen molar-refractivity contribution in [1.29, 1.82) is 0 Å². The van der Waals surface area contributed by atoms with Crippen LogP contribution in [0.4, 0.5) is 5.13 Å². The highest BCUT2D eigenvalue weighted by molar-refractivity contribution is 7.17. The first-order valence-corrected chi connectivity index (χ1v) is 6.50. The second-order valence-electron chi connectivity index (χ2n) is 4.49. The van der Waals surface area contributed by atoms with E-state index in [9.17, 15) is 4.79 Å². The number of aromatic nitrogens is 1. The van der Waals surface area contributed by atoms with Crippen LogP contribution in [-0.4, -0.2) is 54.2 Å². The van der Waals surface area contributed by atoms with E-state index in [0.717, 1.165) is 31.1 Å². The first kappa shape index (κ1) is 12.3. The number of anilines is 1. The van der Waals surface area contributed by atoms with Crippen molar-refractivity contribution < 1.29 is 9.90 Å². The van der Waals surface area contributed by atoms with Crippen LogP contribution in [0.15, 0.2) is 6.20 Å². The van der Waals surface area contributed by atoms with Crippen LogP contribution in [0.25, 0.3) is 0 Å². The van der Waals surface area contributed by atoms with Gasteiger partial charge in [-0.15, -0.1) is 0 Å². The van der Waals surface area contributed by atoms with Gasteiger partial charge in [0.05, 0.1) is 6.20 Å². The molecule has 1 aliphatic rings. The molecule has 0 saturated carbocycles. The zero-order valence-corrected chi connectivity index (χ0v) is 10.9. The maximum absolute atomic E-state index is 10.8. The Morgan fingerprint density at radius 3 is 2.65 bits per heavy atom. The van der Waals surface area contributed by atoms with E-state index in [1.165, 1.54) is 17.5 Å². The van der Waals surface area contributed by atoms with Crippen LogP contribution in [-0.2, 0) is 0 Å². The zero-order chi connectivity index (χ0) is 12.4. The molecule has 2 rings (SSSR count). The van der Waals surface area contributed by atoms with Crippen LogP contribution in [0.5, 0.6) is 0 Å². The van der Waals surface area contributed by atoms with Crippen LogP contribution in [0.1, 0.15) is 22.5 Å². The number of thiazole rings is 1. The molecule has 0 spiro atoms. The molecule has 17 heavy (non-hydrogen) atoms. The predicted octanol–water partition coefficient (Wildman–Crippen LogP) is 1.37. The summed E-state index contributed by atoms with van der Waals surface area (Å²) in [4.78, 5) is 19.7. The quantitative estimate of drug-likeness (QED) is 0.884. The lowest BCUT2D eigenvalue weighted by atomic mass is 10.0. The lowest BCUT2D eigenvalue weighted by Crippen LogP contribution is -2.41. The minimum Gasteiger partial charge on any atom is -0.477 e. The minimum atomic E-state index is -0.892. The van der Waals surface area contributed by atoms with E-state index in [-0.39, 0.29) is 0 Å². The minimum absolute atomic E-state index is 0.315. The highest BCUT2D eigenvalue weighted by Gasteiger charge is 2.23. The molecule has 0 unspecified atom stereocenters. The highest BCUT2D eigenvalue weighted by Crippen LogP contribution is 2.26. The standard InChI is InChI=1S/C11H17N3O2S/c1-13(2)8-3-5-14(6-4-8)11-12-7-9(17-11)10(15)16/h7-8H,3-6H2,1-2H3,(H,15,16). The maximum Gasteiger partial charge on any atom is 0.347 e. The summed E-state index contributed by atoms with van der Waals surface area (Å²) < 4.78 is 0. The third-order valence-electron chi connectivity index (χ3n) is 3.17. The number of carboxylic acid groups (broad SMARTS) is 1. The largest absolute Gasteiger partial charge is 0.477 e. The van der Waals surface area contributed by atoms with E-state index in [0.29, 0.717) is 10.9 Å². The third-order valence-corrected chi connectivity index (χ3v) is 4.22. The Morgan fingerprint density at radius 2 is 2.18 bits per heavy atom. The van der Waals surface area contributed by atoms with Gasteiger partial charge < -0.3 is 14.9 Å². The van der Waals surface area contributed by atoms with Crippen molar-refractivity contribution in [3.63, 3.8) is 0 Å². The summed E-state index contributed by atoms with van der Waals surface area (Å²) in [6.07, 6.45) is 3.66. The zero-order valence-electron chi connectivity index (χ0n) is 10.1. The molecule has 0 atom stereocenters. The summed E-state index contributed by atoms with van der Waals surface area (Å²) in [6, 6.07) is 0.630. The SMILES string of the molecule is CN(C)C1CCN(c2ncc(C(=O)O)s2)CC1. The fourth-order valence-electron chi connectivity index (χ4n) is 2.08. The molecule has 1 aromatic heterocycles. The van der Waals surface area contributed by atoms with Crippen molar-refractivity contribution in [2.24, 2.45) is 0 Å². The Balaban J connectivity index is 1.98. The van der Waals surface area contributed by atoms with Gasteiger partial charge in [0.25, 0.3) is 0 Å². The third kappa shape index (κ3) is 2.76. The van der Waals surface area contributed by atoms with E-state index in [2.05, 4.69) is 28.9 Å². The van der Waals surface area contributed by atoms with Gasteiger partial charge in [0.2, 0.25) is 0 Å². The summed E-state index contributed by atoms with van der Waals surface area (Å²) in [5, 5.41) is 9.69. The normalized spacial score (nSPS) is 17.7. The fraction of sp³-hybridized carbons (Fsp3) is 0.636. The number of rotatable bonds is 3. The summed E-state index contributed by atoms with van der Waals surface area (Å²) >= 11 is 1.26. The van der Waals surface area contributed by atoms with Crippen molar-refractivity contribution in [2.45, 2.75) is 18.9 Å². The van der Waals surface area contributed by atoms with Crippen LogP contribution in [0.2, 0.25) is 0 Å². The molecule has 0 aromatic carbocycles. The Kier molecular flexibility index (Phi) is 3.63. The number of nitrogens with zero attached hydrogens (tertiary/aromatic N) is 3. The Hall–Kier alpha value is -1.14. The number of carboxylic acids is 1. The van der Waals surface area contributed by atoms with Gasteiger partial charge in [-0.05, 0) is 26.9 Å². The lowest BCUT2D eigenvalue weighted by Gasteiger charge is -2.34. The fourth-order valence-corrected chi connectivity index (χ4v) is 2.89. The second-order valence-corrected chi connectivity index (χ2v) is 5.50. The van der Waals surface area contributed by atoms with Gasteiger partial charge in [-0.2, -0.15) is 0 Å². The van der Waals surface area contributed by atoms with Gasteiger partial charge in [0, 0.05) is 19.1 Å². The van der Waals surface area contributed by atoms with E-state index in [4.69, 9.17) is 5.11 Å². The van der Waals surface area contributed by atoms with Gasteiger partial charge in [0.1, 0.15) is 4.88 Å². The van der Waals surface area contributed by atoms with Gasteiger partial charge in [-0.1, -0.05) is 11.3 Å². The lowest BCUT2D eigenvalue weighted by molar-refractivity contribution is 0.0702. The van der Waals surface area contributed by atoms with Crippen LogP contribution in [0.3, 0.4) is 0 Å². The number of hydrogen-bond acceptors (Lipinski definition) is 5. The summed E-state index contributed by atoms with van der Waals surface area (Å²) in [5.41, 5.74) is 0. The molecule has 94 valence electrons. The van der Waals surface area contributed by atoms with Crippen molar-refractivity contribution in [3.8, 4) is 0 Å². The van der Waals surface area contributed by atoms with Gasteiger partial charge >= 0.3 is 5.97 Å². The molecule has 0 radical (unpaired) electrons. The van der Waals surface area contributed by atoms with E-state index >= 15 is 0 Å². The highest BCUT2D eigenvalue weighted by atomic mass is 32.1. The molecular formula is C11H17N3O2S. The number of carbonyl (C=O) groups is 1. The molecule has 1 saturated heterocycles. The molecule has 2 heterocycles. The predicted molar refractivity (Wildman–Crippen MR) is 68.0 cm³/mol. The molecule has 5 nitrogen and oxygen atoms in total. The molecule has 0 bridgehead atoms. The van der Waals surface area contributed by atoms with Crippen molar-refractivity contribution in [1.82, 2.24) is 9.88 Å². The molecule has 1 fully saturated rings. The number of aromatic carboxylic acids is 1. The monoisotopic (exact) mass is 255 g/mol. The molecule has 0 aliphatic carbocycles. The molecule has 0 amide bonds. The van der Waals surface area contributed by atoms with E-state index in [1.54, 1.807) is 0 Å². The van der Waals surface area contributed by atoms with E-state index < -0.39 is 5.97 Å². The summed E-state index contributed by atoms with van der Waals surface area (Å²) in [5.74, 6) is -0.892. The average molecular weight is 255 g/mol. The van der Waals surface area contributed by atoms with Gasteiger partial charge in [-0.25, -0.2) is 9.78 Å². The first-order valence-electron chi connectivity index (χ1n) is 5.68. The van der Waals surface area contributed by atoms with Crippen molar-refractivity contribution in [3.05, 3.63) is 11.1 Å². The molecule has 1 N–H and O–H groups in total. The Morgan fingerprint density at radius 1 is 1.53 bits per heavy atom. The van der Waals surface area contributed by atoms with Crippen molar-refractivity contribution in [2.75, 3.05) is 32.1 Å². The summed E-state index contributed by atoms with van der Waals surface area (Å²) in [7, 11) is 4.21. The van der Waals surface area contributed by atoms with E-state index in [1.807, 2.05) is 0 Å². The summed E-state index contributed by atoms with van der Waals surface area (Å²) in [6.45, 7) is 1.91. The van der Waals surface area contributed by atoms with Gasteiger partial charge in [-0.3, -0.25) is 0 Å². The smallest absolute Gasteiger partial charge is 0.347 e. The molecular weight excluding hydrogens is 238 g/mol. The van der Waals surface area contributed by atoms with Crippen LogP contribution in [0, 0.1) is 0 Å². The molecule has 1 aromatic rings. The Bertz CT molecular complexity index is 397. The average Bonchev–Trinajstić information content (AvgIpc) is 2.78.